The zero-order valence-electron chi connectivity index (χ0n) is 12.8. The Morgan fingerprint density at radius 2 is 2.00 bits per heavy atom. The van der Waals surface area contributed by atoms with Crippen LogP contribution in [0, 0.1) is 6.92 Å². The molecule has 1 heterocycles. The number of fused-ring (bicyclic) bond motifs is 1. The first-order chi connectivity index (χ1) is 11.1. The van der Waals surface area contributed by atoms with Crippen LogP contribution in [0.1, 0.15) is 16.1 Å². The van der Waals surface area contributed by atoms with E-state index in [0.29, 0.717) is 16.4 Å². The van der Waals surface area contributed by atoms with E-state index in [0.717, 1.165) is 22.2 Å². The predicted octanol–water partition coefficient (Wildman–Crippen LogP) is 4.46. The predicted molar refractivity (Wildman–Crippen MR) is 92.4 cm³/mol. The summed E-state index contributed by atoms with van der Waals surface area (Å²) in [5.41, 5.74) is 2.57. The third-order valence-corrected chi connectivity index (χ3v) is 3.90. The molecule has 0 aliphatic heterocycles. The maximum atomic E-state index is 12.4. The summed E-state index contributed by atoms with van der Waals surface area (Å²) in [6.07, 6.45) is 0. The first-order valence-corrected chi connectivity index (χ1v) is 7.47. The number of hydrogen-bond donors (Lipinski definition) is 1. The van der Waals surface area contributed by atoms with Gasteiger partial charge in [-0.15, -0.1) is 0 Å². The lowest BCUT2D eigenvalue weighted by Crippen LogP contribution is -2.14. The first kappa shape index (κ1) is 15.3. The molecule has 0 saturated heterocycles. The summed E-state index contributed by atoms with van der Waals surface area (Å²) in [7, 11) is 1.61. The van der Waals surface area contributed by atoms with Crippen molar-refractivity contribution in [1.29, 1.82) is 0 Å². The summed E-state index contributed by atoms with van der Waals surface area (Å²) in [6, 6.07) is 14.5. The van der Waals surface area contributed by atoms with Crippen LogP contribution in [0.2, 0.25) is 5.02 Å². The highest BCUT2D eigenvalue weighted by Gasteiger charge is 2.12. The van der Waals surface area contributed by atoms with Crippen LogP contribution in [0.3, 0.4) is 0 Å². The molecule has 3 rings (SSSR count). The van der Waals surface area contributed by atoms with Crippen molar-refractivity contribution in [2.45, 2.75) is 6.92 Å². The molecule has 1 aromatic heterocycles. The van der Waals surface area contributed by atoms with Crippen molar-refractivity contribution < 1.29 is 9.53 Å². The molecule has 23 heavy (non-hydrogen) atoms. The van der Waals surface area contributed by atoms with E-state index in [1.54, 1.807) is 19.2 Å². The van der Waals surface area contributed by atoms with Gasteiger partial charge in [0.15, 0.2) is 0 Å². The lowest BCUT2D eigenvalue weighted by molar-refractivity contribution is 0.102. The summed E-state index contributed by atoms with van der Waals surface area (Å²) in [5, 5.41) is 4.24. The second-order valence-electron chi connectivity index (χ2n) is 5.14. The number of amides is 1. The van der Waals surface area contributed by atoms with Gasteiger partial charge in [-0.3, -0.25) is 4.79 Å². The summed E-state index contributed by atoms with van der Waals surface area (Å²) >= 11 is 6.14. The highest BCUT2D eigenvalue weighted by atomic mass is 35.5. The fourth-order valence-corrected chi connectivity index (χ4v) is 2.59. The van der Waals surface area contributed by atoms with Gasteiger partial charge in [0, 0.05) is 5.39 Å². The number of nitrogens with one attached hydrogen (secondary N) is 1. The van der Waals surface area contributed by atoms with Crippen molar-refractivity contribution in [2.24, 2.45) is 0 Å². The molecule has 1 amide bonds. The van der Waals surface area contributed by atoms with Gasteiger partial charge < -0.3 is 10.1 Å². The molecule has 0 aliphatic carbocycles. The SMILES string of the molecule is COc1ccc2nc(C(=O)Nc3c(C)cccc3Cl)ccc2c1. The number of halogens is 1. The minimum absolute atomic E-state index is 0.293. The van der Waals surface area contributed by atoms with Crippen molar-refractivity contribution in [3.63, 3.8) is 0 Å². The van der Waals surface area contributed by atoms with E-state index < -0.39 is 0 Å². The van der Waals surface area contributed by atoms with Gasteiger partial charge in [0.2, 0.25) is 0 Å². The van der Waals surface area contributed by atoms with Gasteiger partial charge in [0.1, 0.15) is 11.4 Å². The third-order valence-electron chi connectivity index (χ3n) is 3.59. The summed E-state index contributed by atoms with van der Waals surface area (Å²) in [4.78, 5) is 16.8. The summed E-state index contributed by atoms with van der Waals surface area (Å²) < 4.78 is 5.18. The van der Waals surface area contributed by atoms with Crippen LogP contribution < -0.4 is 10.1 Å². The van der Waals surface area contributed by atoms with Gasteiger partial charge in [0.25, 0.3) is 5.91 Å². The number of aromatic nitrogens is 1. The standard InChI is InChI=1S/C18H15ClN2O2/c1-11-4-3-5-14(19)17(11)21-18(22)16-8-6-12-10-13(23-2)7-9-15(12)20-16/h3-10H,1-2H3,(H,21,22). The molecule has 2 aromatic carbocycles. The van der Waals surface area contributed by atoms with Crippen LogP contribution in [0.5, 0.6) is 5.75 Å². The molecule has 0 bridgehead atoms. The number of ether oxygens (including phenoxy) is 1. The second-order valence-corrected chi connectivity index (χ2v) is 5.55. The minimum Gasteiger partial charge on any atom is -0.497 e. The molecule has 4 nitrogen and oxygen atoms in total. The van der Waals surface area contributed by atoms with E-state index >= 15 is 0 Å². The minimum atomic E-state index is -0.293. The molecule has 0 spiro atoms. The maximum absolute atomic E-state index is 12.4. The summed E-state index contributed by atoms with van der Waals surface area (Å²) in [6.45, 7) is 1.89. The number of anilines is 1. The van der Waals surface area contributed by atoms with Gasteiger partial charge in [-0.05, 0) is 42.8 Å². The molecule has 3 aromatic rings. The van der Waals surface area contributed by atoms with Gasteiger partial charge in [-0.25, -0.2) is 4.98 Å². The van der Waals surface area contributed by atoms with Gasteiger partial charge in [-0.1, -0.05) is 29.8 Å². The highest BCUT2D eigenvalue weighted by molar-refractivity contribution is 6.34. The van der Waals surface area contributed by atoms with Gasteiger partial charge in [0.05, 0.1) is 23.3 Å². The largest absolute Gasteiger partial charge is 0.497 e. The molecule has 0 saturated carbocycles. The Morgan fingerprint density at radius 1 is 1.17 bits per heavy atom. The second kappa shape index (κ2) is 6.26. The Labute approximate surface area is 139 Å². The van der Waals surface area contributed by atoms with Crippen LogP contribution in [0.25, 0.3) is 10.9 Å². The molecule has 116 valence electrons. The molecule has 1 N–H and O–H groups in total. The van der Waals surface area contributed by atoms with Crippen molar-refractivity contribution in [3.8, 4) is 5.75 Å². The number of para-hydroxylation sites is 1. The van der Waals surface area contributed by atoms with E-state index in [9.17, 15) is 4.79 Å². The molecule has 0 unspecified atom stereocenters. The highest BCUT2D eigenvalue weighted by Crippen LogP contribution is 2.26. The van der Waals surface area contributed by atoms with E-state index in [2.05, 4.69) is 10.3 Å². The number of hydrogen-bond acceptors (Lipinski definition) is 3. The van der Waals surface area contributed by atoms with Crippen LogP contribution in [0.4, 0.5) is 5.69 Å². The molecule has 0 radical (unpaired) electrons. The Morgan fingerprint density at radius 3 is 2.74 bits per heavy atom. The molecule has 0 aliphatic rings. The number of rotatable bonds is 3. The van der Waals surface area contributed by atoms with Crippen molar-refractivity contribution in [2.75, 3.05) is 12.4 Å². The average Bonchev–Trinajstić information content (AvgIpc) is 2.57. The number of aryl methyl sites for hydroxylation is 1. The van der Waals surface area contributed by atoms with Crippen molar-refractivity contribution >= 4 is 34.1 Å². The lowest BCUT2D eigenvalue weighted by Gasteiger charge is -2.10. The molecule has 0 atom stereocenters. The topological polar surface area (TPSA) is 51.2 Å². The van der Waals surface area contributed by atoms with Crippen molar-refractivity contribution in [3.05, 3.63) is 64.8 Å². The Kier molecular flexibility index (Phi) is 4.17. The number of methoxy groups -OCH3 is 1. The summed E-state index contributed by atoms with van der Waals surface area (Å²) in [5.74, 6) is 0.460. The molecular formula is C18H15ClN2O2. The quantitative estimate of drug-likeness (QED) is 0.773. The Hall–Kier alpha value is -2.59. The monoisotopic (exact) mass is 326 g/mol. The van der Waals surface area contributed by atoms with Crippen LogP contribution in [-0.2, 0) is 0 Å². The van der Waals surface area contributed by atoms with E-state index in [1.165, 1.54) is 0 Å². The molecule has 5 heteroatoms. The van der Waals surface area contributed by atoms with E-state index in [1.807, 2.05) is 43.3 Å². The third kappa shape index (κ3) is 3.12. The van der Waals surface area contributed by atoms with Crippen LogP contribution >= 0.6 is 11.6 Å². The number of carbonyl (C=O) groups is 1. The van der Waals surface area contributed by atoms with E-state index in [4.69, 9.17) is 16.3 Å². The Balaban J connectivity index is 1.92. The average molecular weight is 327 g/mol. The number of pyridine rings is 1. The fourth-order valence-electron chi connectivity index (χ4n) is 2.32. The van der Waals surface area contributed by atoms with E-state index in [-0.39, 0.29) is 5.91 Å². The smallest absolute Gasteiger partial charge is 0.274 e. The normalized spacial score (nSPS) is 10.6. The fraction of sp³-hybridized carbons (Fsp3) is 0.111. The first-order valence-electron chi connectivity index (χ1n) is 7.10. The Bertz CT molecular complexity index is 873. The van der Waals surface area contributed by atoms with Gasteiger partial charge >= 0.3 is 0 Å². The maximum Gasteiger partial charge on any atom is 0.274 e. The molecule has 0 fully saturated rings. The zero-order chi connectivity index (χ0) is 16.4. The van der Waals surface area contributed by atoms with Crippen LogP contribution in [0.15, 0.2) is 48.5 Å². The number of nitrogens with zero attached hydrogens (tertiary/aromatic N) is 1. The van der Waals surface area contributed by atoms with Crippen molar-refractivity contribution in [1.82, 2.24) is 4.98 Å². The molecular weight excluding hydrogens is 312 g/mol. The lowest BCUT2D eigenvalue weighted by atomic mass is 10.1. The number of carbonyl (C=O) groups excluding carboxylic acids is 1. The van der Waals surface area contributed by atoms with Gasteiger partial charge in [-0.2, -0.15) is 0 Å². The van der Waals surface area contributed by atoms with Crippen LogP contribution in [-0.4, -0.2) is 18.0 Å². The zero-order valence-corrected chi connectivity index (χ0v) is 13.5. The number of benzene rings is 2.